The number of amides is 1. The minimum atomic E-state index is -0.115. The highest BCUT2D eigenvalue weighted by molar-refractivity contribution is 6.02. The molecule has 0 atom stereocenters. The summed E-state index contributed by atoms with van der Waals surface area (Å²) in [7, 11) is 5.12. The highest BCUT2D eigenvalue weighted by atomic mass is 16.5. The summed E-state index contributed by atoms with van der Waals surface area (Å²) in [6, 6.07) is 13.5. The molecular formula is C31H38N8O3. The molecule has 2 aliphatic heterocycles. The van der Waals surface area contributed by atoms with Gasteiger partial charge in [0.05, 0.1) is 41.5 Å². The van der Waals surface area contributed by atoms with Crippen molar-refractivity contribution in [3.8, 4) is 17.0 Å². The number of carbonyl (C=O) groups is 1. The van der Waals surface area contributed by atoms with E-state index in [1.54, 1.807) is 36.8 Å². The van der Waals surface area contributed by atoms with Gasteiger partial charge in [-0.2, -0.15) is 0 Å². The number of piperidine rings is 1. The predicted molar refractivity (Wildman–Crippen MR) is 163 cm³/mol. The summed E-state index contributed by atoms with van der Waals surface area (Å²) in [5, 5.41) is 11.5. The Labute approximate surface area is 245 Å². The van der Waals surface area contributed by atoms with Crippen molar-refractivity contribution in [3.05, 3.63) is 60.4 Å². The van der Waals surface area contributed by atoms with Crippen molar-refractivity contribution >= 4 is 28.9 Å². The molecule has 11 heteroatoms. The Balaban J connectivity index is 1.24. The van der Waals surface area contributed by atoms with E-state index in [-0.39, 0.29) is 5.91 Å². The molecule has 2 saturated heterocycles. The maximum absolute atomic E-state index is 13.2. The number of carbonyl (C=O) groups excluding carboxylic acids is 1. The first-order valence-corrected chi connectivity index (χ1v) is 14.5. The Morgan fingerprint density at radius 2 is 1.86 bits per heavy atom. The van der Waals surface area contributed by atoms with E-state index in [1.807, 2.05) is 42.6 Å². The molecule has 5 heterocycles. The van der Waals surface area contributed by atoms with E-state index in [0.29, 0.717) is 47.2 Å². The predicted octanol–water partition coefficient (Wildman–Crippen LogP) is 3.84. The molecule has 1 amide bonds. The largest absolute Gasteiger partial charge is 0.491 e. The second-order valence-electron chi connectivity index (χ2n) is 11.3. The monoisotopic (exact) mass is 570 g/mol. The summed E-state index contributed by atoms with van der Waals surface area (Å²) >= 11 is 0. The maximum Gasteiger partial charge on any atom is 0.255 e. The van der Waals surface area contributed by atoms with Crippen molar-refractivity contribution in [1.82, 2.24) is 29.8 Å². The minimum Gasteiger partial charge on any atom is -0.491 e. The second kappa shape index (κ2) is 11.9. The third kappa shape index (κ3) is 5.75. The van der Waals surface area contributed by atoms with Crippen LogP contribution in [0.15, 0.2) is 54.9 Å². The Morgan fingerprint density at radius 1 is 1.05 bits per heavy atom. The van der Waals surface area contributed by atoms with Crippen LogP contribution in [0.3, 0.4) is 0 Å². The average Bonchev–Trinajstić information content (AvgIpc) is 3.59. The number of fused-ring (bicyclic) bond motifs is 1. The van der Waals surface area contributed by atoms with Gasteiger partial charge in [-0.05, 0) is 80.2 Å². The molecule has 2 fully saturated rings. The van der Waals surface area contributed by atoms with Gasteiger partial charge in [0.1, 0.15) is 18.2 Å². The molecule has 0 saturated carbocycles. The smallest absolute Gasteiger partial charge is 0.255 e. The summed E-state index contributed by atoms with van der Waals surface area (Å²) in [5.41, 5.74) is 4.35. The van der Waals surface area contributed by atoms with Gasteiger partial charge in [-0.25, -0.2) is 14.5 Å². The number of rotatable bonds is 9. The SMILES string of the molecule is COCCOc1ccc(-c2c(C(=O)N(C)C)cc3cnc(Nc4ccc(N5CCC6(CCNCC6)C5)cn4)nn23)cc1. The molecule has 3 aromatic heterocycles. The maximum atomic E-state index is 13.2. The number of pyridine rings is 1. The molecule has 1 spiro atoms. The number of anilines is 3. The molecule has 0 unspecified atom stereocenters. The van der Waals surface area contributed by atoms with Gasteiger partial charge in [-0.1, -0.05) is 0 Å². The second-order valence-corrected chi connectivity index (χ2v) is 11.3. The van der Waals surface area contributed by atoms with Gasteiger partial charge in [-0.15, -0.1) is 5.10 Å². The highest BCUT2D eigenvalue weighted by Gasteiger charge is 2.39. The van der Waals surface area contributed by atoms with Crippen LogP contribution in [0.2, 0.25) is 0 Å². The van der Waals surface area contributed by atoms with Gasteiger partial charge in [-0.3, -0.25) is 4.79 Å². The normalized spacial score (nSPS) is 16.2. The molecular weight excluding hydrogens is 532 g/mol. The third-order valence-corrected chi connectivity index (χ3v) is 8.29. The van der Waals surface area contributed by atoms with Gasteiger partial charge in [0, 0.05) is 39.9 Å². The first-order valence-electron chi connectivity index (χ1n) is 14.5. The quantitative estimate of drug-likeness (QED) is 0.290. The number of benzene rings is 1. The summed E-state index contributed by atoms with van der Waals surface area (Å²) in [5.74, 6) is 1.65. The number of hydrogen-bond acceptors (Lipinski definition) is 9. The van der Waals surface area contributed by atoms with E-state index in [4.69, 9.17) is 14.6 Å². The lowest BCUT2D eigenvalue weighted by Gasteiger charge is -2.34. The molecule has 6 rings (SSSR count). The molecule has 11 nitrogen and oxygen atoms in total. The van der Waals surface area contributed by atoms with Crippen molar-refractivity contribution in [2.45, 2.75) is 19.3 Å². The minimum absolute atomic E-state index is 0.115. The number of aromatic nitrogens is 4. The summed E-state index contributed by atoms with van der Waals surface area (Å²) < 4.78 is 12.5. The highest BCUT2D eigenvalue weighted by Crippen LogP contribution is 2.40. The molecule has 2 aliphatic rings. The van der Waals surface area contributed by atoms with Crippen LogP contribution >= 0.6 is 0 Å². The molecule has 4 aromatic rings. The first kappa shape index (κ1) is 27.9. The number of nitrogens with one attached hydrogen (secondary N) is 2. The lowest BCUT2D eigenvalue weighted by Crippen LogP contribution is -2.38. The summed E-state index contributed by atoms with van der Waals surface area (Å²) in [6.45, 7) is 5.35. The number of nitrogens with zero attached hydrogens (tertiary/aromatic N) is 6. The summed E-state index contributed by atoms with van der Waals surface area (Å²) in [4.78, 5) is 26.4. The zero-order chi connectivity index (χ0) is 29.1. The van der Waals surface area contributed by atoms with Gasteiger partial charge < -0.3 is 29.9 Å². The van der Waals surface area contributed by atoms with Crippen LogP contribution in [-0.4, -0.2) is 91.0 Å². The summed E-state index contributed by atoms with van der Waals surface area (Å²) in [6.07, 6.45) is 7.36. The van der Waals surface area contributed by atoms with Crippen LogP contribution in [0.5, 0.6) is 5.75 Å². The molecule has 1 aromatic carbocycles. The molecule has 0 bridgehead atoms. The van der Waals surface area contributed by atoms with Crippen LogP contribution < -0.4 is 20.3 Å². The lowest BCUT2D eigenvalue weighted by molar-refractivity contribution is 0.0828. The van der Waals surface area contributed by atoms with Crippen LogP contribution in [0.1, 0.15) is 29.6 Å². The molecule has 2 N–H and O–H groups in total. The number of methoxy groups -OCH3 is 1. The van der Waals surface area contributed by atoms with E-state index in [9.17, 15) is 4.79 Å². The molecule has 0 aliphatic carbocycles. The van der Waals surface area contributed by atoms with E-state index in [2.05, 4.69) is 31.6 Å². The van der Waals surface area contributed by atoms with E-state index in [1.165, 1.54) is 19.3 Å². The Hall–Kier alpha value is -4.22. The first-order chi connectivity index (χ1) is 20.4. The van der Waals surface area contributed by atoms with Crippen LogP contribution in [0.25, 0.3) is 16.8 Å². The Kier molecular flexibility index (Phi) is 7.94. The third-order valence-electron chi connectivity index (χ3n) is 8.29. The van der Waals surface area contributed by atoms with Gasteiger partial charge in [0.2, 0.25) is 5.95 Å². The van der Waals surface area contributed by atoms with Gasteiger partial charge >= 0.3 is 0 Å². The van der Waals surface area contributed by atoms with Crippen molar-refractivity contribution in [2.24, 2.45) is 5.41 Å². The van der Waals surface area contributed by atoms with Crippen molar-refractivity contribution < 1.29 is 14.3 Å². The van der Waals surface area contributed by atoms with Crippen molar-refractivity contribution in [2.75, 3.05) is 70.8 Å². The van der Waals surface area contributed by atoms with Crippen molar-refractivity contribution in [3.63, 3.8) is 0 Å². The van der Waals surface area contributed by atoms with Crippen LogP contribution in [-0.2, 0) is 4.74 Å². The fraction of sp³-hybridized carbons (Fsp3) is 0.419. The fourth-order valence-electron chi connectivity index (χ4n) is 5.94. The topological polar surface area (TPSA) is 109 Å². The molecule has 0 radical (unpaired) electrons. The Bertz CT molecular complexity index is 1530. The molecule has 220 valence electrons. The number of hydrogen-bond donors (Lipinski definition) is 2. The average molecular weight is 571 g/mol. The number of ether oxygens (including phenoxy) is 2. The fourth-order valence-corrected chi connectivity index (χ4v) is 5.94. The van der Waals surface area contributed by atoms with E-state index >= 15 is 0 Å². The van der Waals surface area contributed by atoms with Gasteiger partial charge in [0.15, 0.2) is 0 Å². The van der Waals surface area contributed by atoms with Crippen LogP contribution in [0, 0.1) is 5.41 Å². The molecule has 42 heavy (non-hydrogen) atoms. The van der Waals surface area contributed by atoms with E-state index < -0.39 is 0 Å². The Morgan fingerprint density at radius 3 is 2.57 bits per heavy atom. The van der Waals surface area contributed by atoms with E-state index in [0.717, 1.165) is 43.2 Å². The van der Waals surface area contributed by atoms with Crippen LogP contribution in [0.4, 0.5) is 17.5 Å². The zero-order valence-corrected chi connectivity index (χ0v) is 24.5. The van der Waals surface area contributed by atoms with Crippen molar-refractivity contribution in [1.29, 1.82) is 0 Å². The lowest BCUT2D eigenvalue weighted by atomic mass is 9.78. The standard InChI is InChI=1S/C31H38N8O3/c1-37(2)29(40)26-18-24-20-34-30(36-39(24)28(26)22-4-7-25(8-5-22)42-17-16-41-3)35-27-9-6-23(19-33-27)38-15-12-31(21-38)10-13-32-14-11-31/h4-9,18-20,32H,10-17,21H2,1-3H3,(H,33,35,36). The van der Waals surface area contributed by atoms with Gasteiger partial charge in [0.25, 0.3) is 5.91 Å². The zero-order valence-electron chi connectivity index (χ0n) is 24.5.